The van der Waals surface area contributed by atoms with E-state index in [1.165, 1.54) is 0 Å². The van der Waals surface area contributed by atoms with Gasteiger partial charge in [-0.25, -0.2) is 0 Å². The van der Waals surface area contributed by atoms with E-state index in [2.05, 4.69) is 10.1 Å². The first-order chi connectivity index (χ1) is 12.7. The Kier molecular flexibility index (Phi) is 4.34. The average molecular weight is 371 g/mol. The molecular weight excluding hydrogens is 354 g/mol. The first-order valence-electron chi connectivity index (χ1n) is 8.07. The molecule has 0 aliphatic carbocycles. The van der Waals surface area contributed by atoms with Crippen molar-refractivity contribution in [1.82, 2.24) is 15.0 Å². The van der Waals surface area contributed by atoms with E-state index in [1.54, 1.807) is 48.7 Å². The number of rotatable bonds is 5. The third-order valence-corrected chi connectivity index (χ3v) is 5.05. The zero-order valence-corrected chi connectivity index (χ0v) is 15.2. The summed E-state index contributed by atoms with van der Waals surface area (Å²) >= 11 is 1.59. The number of hydrogen-bond donors (Lipinski definition) is 0. The molecule has 3 aromatic rings. The van der Waals surface area contributed by atoms with Gasteiger partial charge in [0.1, 0.15) is 0 Å². The van der Waals surface area contributed by atoms with Gasteiger partial charge in [-0.1, -0.05) is 5.16 Å². The van der Waals surface area contributed by atoms with Crippen LogP contribution >= 0.6 is 11.3 Å². The monoisotopic (exact) mass is 371 g/mol. The zero-order valence-electron chi connectivity index (χ0n) is 14.3. The highest BCUT2D eigenvalue weighted by Crippen LogP contribution is 2.32. The Balaban J connectivity index is 1.42. The van der Waals surface area contributed by atoms with Crippen molar-refractivity contribution in [3.05, 3.63) is 46.5 Å². The lowest BCUT2D eigenvalue weighted by atomic mass is 9.98. The predicted molar refractivity (Wildman–Crippen MR) is 95.8 cm³/mol. The van der Waals surface area contributed by atoms with Crippen LogP contribution in [0.15, 0.2) is 39.5 Å². The first-order valence-corrected chi connectivity index (χ1v) is 9.01. The SMILES string of the molecule is COc1ccc(C(=O)N2CC(c3nc(-c4ccsc4)no3)C2)cc1OC. The second-order valence-corrected chi connectivity index (χ2v) is 6.73. The molecule has 1 fully saturated rings. The first kappa shape index (κ1) is 16.6. The number of amides is 1. The molecule has 0 spiro atoms. The molecule has 0 unspecified atom stereocenters. The largest absolute Gasteiger partial charge is 0.493 e. The van der Waals surface area contributed by atoms with Gasteiger partial charge >= 0.3 is 0 Å². The van der Waals surface area contributed by atoms with Gasteiger partial charge in [0.15, 0.2) is 11.5 Å². The third kappa shape index (κ3) is 2.92. The minimum absolute atomic E-state index is 0.0558. The summed E-state index contributed by atoms with van der Waals surface area (Å²) in [6, 6.07) is 7.11. The summed E-state index contributed by atoms with van der Waals surface area (Å²) in [4.78, 5) is 18.8. The number of likely N-dealkylation sites (tertiary alicyclic amines) is 1. The smallest absolute Gasteiger partial charge is 0.254 e. The molecule has 1 aromatic carbocycles. The lowest BCUT2D eigenvalue weighted by Gasteiger charge is -2.37. The number of carbonyl (C=O) groups excluding carboxylic acids is 1. The van der Waals surface area contributed by atoms with E-state index in [4.69, 9.17) is 14.0 Å². The van der Waals surface area contributed by atoms with E-state index in [-0.39, 0.29) is 11.8 Å². The summed E-state index contributed by atoms with van der Waals surface area (Å²) in [5.74, 6) is 2.30. The molecule has 26 heavy (non-hydrogen) atoms. The maximum absolute atomic E-state index is 12.6. The van der Waals surface area contributed by atoms with Crippen LogP contribution in [0.4, 0.5) is 0 Å². The predicted octanol–water partition coefficient (Wildman–Crippen LogP) is 3.05. The summed E-state index contributed by atoms with van der Waals surface area (Å²) in [6.45, 7) is 1.11. The van der Waals surface area contributed by atoms with Gasteiger partial charge in [-0.15, -0.1) is 0 Å². The number of hydrogen-bond acceptors (Lipinski definition) is 7. The van der Waals surface area contributed by atoms with Crippen molar-refractivity contribution < 1.29 is 18.8 Å². The molecule has 1 amide bonds. The Morgan fingerprint density at radius 3 is 2.73 bits per heavy atom. The molecule has 4 rings (SSSR count). The minimum atomic E-state index is -0.0558. The van der Waals surface area contributed by atoms with E-state index >= 15 is 0 Å². The molecule has 7 nitrogen and oxygen atoms in total. The van der Waals surface area contributed by atoms with Gasteiger partial charge < -0.3 is 18.9 Å². The fourth-order valence-corrected chi connectivity index (χ4v) is 3.50. The summed E-state index contributed by atoms with van der Waals surface area (Å²) in [6.07, 6.45) is 0. The van der Waals surface area contributed by atoms with E-state index in [0.29, 0.717) is 41.9 Å². The number of benzene rings is 1. The third-order valence-electron chi connectivity index (χ3n) is 4.37. The number of ether oxygens (including phenoxy) is 2. The molecular formula is C18H17N3O4S. The highest BCUT2D eigenvalue weighted by Gasteiger charge is 2.36. The molecule has 8 heteroatoms. The molecule has 1 saturated heterocycles. The lowest BCUT2D eigenvalue weighted by Crippen LogP contribution is -2.48. The Hall–Kier alpha value is -2.87. The van der Waals surface area contributed by atoms with E-state index in [0.717, 1.165) is 5.56 Å². The van der Waals surface area contributed by atoms with Gasteiger partial charge in [0, 0.05) is 29.6 Å². The van der Waals surface area contributed by atoms with E-state index < -0.39 is 0 Å². The van der Waals surface area contributed by atoms with Crippen LogP contribution in [0.25, 0.3) is 11.4 Å². The highest BCUT2D eigenvalue weighted by molar-refractivity contribution is 7.08. The maximum atomic E-state index is 12.6. The number of thiophene rings is 1. The molecule has 0 atom stereocenters. The van der Waals surface area contributed by atoms with Gasteiger partial charge in [-0.05, 0) is 29.6 Å². The van der Waals surface area contributed by atoms with Gasteiger partial charge in [0.05, 0.1) is 20.1 Å². The molecule has 1 aliphatic heterocycles. The Morgan fingerprint density at radius 2 is 2.04 bits per heavy atom. The zero-order chi connectivity index (χ0) is 18.1. The molecule has 1 aliphatic rings. The Morgan fingerprint density at radius 1 is 1.23 bits per heavy atom. The summed E-state index contributed by atoms with van der Waals surface area (Å²) in [5.41, 5.74) is 1.51. The number of methoxy groups -OCH3 is 2. The molecule has 0 N–H and O–H groups in total. The second-order valence-electron chi connectivity index (χ2n) is 5.95. The van der Waals surface area contributed by atoms with Crippen LogP contribution in [0.2, 0.25) is 0 Å². The van der Waals surface area contributed by atoms with Crippen LogP contribution in [0, 0.1) is 0 Å². The summed E-state index contributed by atoms with van der Waals surface area (Å²) in [5, 5.41) is 7.96. The van der Waals surface area contributed by atoms with Gasteiger partial charge in [0.25, 0.3) is 5.91 Å². The van der Waals surface area contributed by atoms with Crippen molar-refractivity contribution >= 4 is 17.2 Å². The lowest BCUT2D eigenvalue weighted by molar-refractivity contribution is 0.0569. The Labute approximate surface area is 154 Å². The van der Waals surface area contributed by atoms with E-state index in [1.807, 2.05) is 16.8 Å². The molecule has 2 aromatic heterocycles. The maximum Gasteiger partial charge on any atom is 0.254 e. The topological polar surface area (TPSA) is 77.7 Å². The van der Waals surface area contributed by atoms with Crippen LogP contribution in [0.1, 0.15) is 22.2 Å². The molecule has 134 valence electrons. The quantitative estimate of drug-likeness (QED) is 0.686. The van der Waals surface area contributed by atoms with Crippen molar-refractivity contribution in [2.45, 2.75) is 5.92 Å². The normalized spacial score (nSPS) is 14.2. The second kappa shape index (κ2) is 6.80. The van der Waals surface area contributed by atoms with Crippen molar-refractivity contribution in [3.63, 3.8) is 0 Å². The summed E-state index contributed by atoms with van der Waals surface area (Å²) < 4.78 is 15.8. The van der Waals surface area contributed by atoms with Gasteiger partial charge in [-0.3, -0.25) is 4.79 Å². The van der Waals surface area contributed by atoms with Crippen molar-refractivity contribution in [1.29, 1.82) is 0 Å². The molecule has 0 bridgehead atoms. The fourth-order valence-electron chi connectivity index (χ4n) is 2.86. The molecule has 0 saturated carbocycles. The van der Waals surface area contributed by atoms with Crippen LogP contribution < -0.4 is 9.47 Å². The van der Waals surface area contributed by atoms with Crippen LogP contribution in [0.3, 0.4) is 0 Å². The fraction of sp³-hybridized carbons (Fsp3) is 0.278. The van der Waals surface area contributed by atoms with Gasteiger partial charge in [-0.2, -0.15) is 16.3 Å². The Bertz CT molecular complexity index is 916. The van der Waals surface area contributed by atoms with Crippen molar-refractivity contribution in [3.8, 4) is 22.9 Å². The van der Waals surface area contributed by atoms with Crippen LogP contribution in [-0.2, 0) is 0 Å². The highest BCUT2D eigenvalue weighted by atomic mass is 32.1. The minimum Gasteiger partial charge on any atom is -0.493 e. The van der Waals surface area contributed by atoms with Crippen LogP contribution in [-0.4, -0.2) is 48.3 Å². The average Bonchev–Trinajstić information content (AvgIpc) is 3.31. The molecule has 3 heterocycles. The summed E-state index contributed by atoms with van der Waals surface area (Å²) in [7, 11) is 3.11. The number of nitrogens with zero attached hydrogens (tertiary/aromatic N) is 3. The van der Waals surface area contributed by atoms with Crippen molar-refractivity contribution in [2.24, 2.45) is 0 Å². The number of carbonyl (C=O) groups is 1. The van der Waals surface area contributed by atoms with Crippen LogP contribution in [0.5, 0.6) is 11.5 Å². The van der Waals surface area contributed by atoms with E-state index in [9.17, 15) is 4.79 Å². The van der Waals surface area contributed by atoms with Crippen molar-refractivity contribution in [2.75, 3.05) is 27.3 Å². The molecule has 0 radical (unpaired) electrons. The standard InChI is InChI=1S/C18H17N3O4S/c1-23-14-4-3-11(7-15(14)24-2)18(22)21-8-13(9-21)17-19-16(20-25-17)12-5-6-26-10-12/h3-7,10,13H,8-9H2,1-2H3. The number of aromatic nitrogens is 2. The van der Waals surface area contributed by atoms with Gasteiger partial charge in [0.2, 0.25) is 11.7 Å².